The van der Waals surface area contributed by atoms with Gasteiger partial charge in [0.15, 0.2) is 17.1 Å². The smallest absolute Gasteiger partial charge is 0.354 e. The molecule has 0 saturated carbocycles. The number of amides is 1. The molecule has 5 aromatic heterocycles. The fraction of sp³-hybridized carbons (Fsp3) is 0.156. The summed E-state index contributed by atoms with van der Waals surface area (Å²) in [5.74, 6) is -0.113. The average Bonchev–Trinajstić information content (AvgIpc) is 4.10. The minimum atomic E-state index is -4.48. The van der Waals surface area contributed by atoms with Crippen molar-refractivity contribution in [1.82, 2.24) is 39.3 Å². The molecule has 0 unspecified atom stereocenters. The summed E-state index contributed by atoms with van der Waals surface area (Å²) in [6.45, 7) is 0. The first-order valence-corrected chi connectivity index (χ1v) is 21.1. The van der Waals surface area contributed by atoms with Gasteiger partial charge in [0.2, 0.25) is 5.91 Å². The first-order valence-electron chi connectivity index (χ1n) is 19.6. The van der Waals surface area contributed by atoms with Crippen LogP contribution in [-0.2, 0) is 50.9 Å². The first kappa shape index (κ1) is 47.0. The summed E-state index contributed by atoms with van der Waals surface area (Å²) < 4.78 is 119. The number of fused-ring (bicyclic) bond motifs is 3. The lowest BCUT2D eigenvalue weighted by Crippen LogP contribution is -2.06. The van der Waals surface area contributed by atoms with Crippen LogP contribution in [0.3, 0.4) is 0 Å². The van der Waals surface area contributed by atoms with E-state index in [1.807, 2.05) is 42.5 Å². The highest BCUT2D eigenvalue weighted by Gasteiger charge is 2.36. The molecule has 10 nitrogen and oxygen atoms in total. The van der Waals surface area contributed by atoms with Crippen molar-refractivity contribution in [1.29, 1.82) is 0 Å². The Morgan fingerprint density at radius 2 is 1.04 bits per heavy atom. The maximum Gasteiger partial charge on any atom is 0.435 e. The van der Waals surface area contributed by atoms with Crippen molar-refractivity contribution in [3.8, 4) is 45.0 Å². The Balaban J connectivity index is 0.000000139. The largest absolute Gasteiger partial charge is 0.435 e. The first-order chi connectivity index (χ1) is 31.4. The standard InChI is InChI=1S/C19H12Cl2F3N3.C13H9BrF3N3.C13H10F3N3O/c1-27-16(9-17(26-27)19(22,23)24)10-5-6-14-11(7-10)8-15(25-14)12-3-2-4-13(20)18(12)21;1-20-10(6-11(19-20)13(15,16)17)7-2-3-9-8(4-7)5-12(14)18-9;1-19-10(6-11(18-19)13(14,15)16)7-2-3-9-8(4-7)5-12(20)17-9/h2-9,25H,1H3;2-6,18H,1H3;2-4,6H,5H2,1H3,(H,17,20). The Morgan fingerprint density at radius 3 is 1.54 bits per heavy atom. The lowest BCUT2D eigenvalue weighted by Gasteiger charge is -2.04. The number of nitrogens with one attached hydrogen (secondary N) is 3. The Bertz CT molecular complexity index is 3340. The molecule has 0 fully saturated rings. The van der Waals surface area contributed by atoms with E-state index in [1.54, 1.807) is 42.5 Å². The van der Waals surface area contributed by atoms with Gasteiger partial charge in [-0.05, 0) is 94.3 Å². The molecule has 0 aliphatic carbocycles. The quantitative estimate of drug-likeness (QED) is 0.152. The third-order valence-corrected chi connectivity index (χ3v) is 11.8. The number of hydrogen-bond acceptors (Lipinski definition) is 4. The van der Waals surface area contributed by atoms with Gasteiger partial charge in [-0.3, -0.25) is 18.8 Å². The number of carbonyl (C=O) groups is 1. The highest BCUT2D eigenvalue weighted by atomic mass is 79.9. The van der Waals surface area contributed by atoms with E-state index in [1.165, 1.54) is 35.2 Å². The Kier molecular flexibility index (Phi) is 12.4. The summed E-state index contributed by atoms with van der Waals surface area (Å²) in [6, 6.07) is 28.1. The minimum absolute atomic E-state index is 0.113. The Morgan fingerprint density at radius 1 is 0.582 bits per heavy atom. The third kappa shape index (κ3) is 9.96. The number of benzene rings is 4. The highest BCUT2D eigenvalue weighted by Crippen LogP contribution is 2.38. The number of H-pyrrole nitrogens is 2. The van der Waals surface area contributed by atoms with Gasteiger partial charge >= 0.3 is 18.5 Å². The van der Waals surface area contributed by atoms with E-state index in [4.69, 9.17) is 23.2 Å². The van der Waals surface area contributed by atoms with Gasteiger partial charge in [-0.15, -0.1) is 0 Å². The van der Waals surface area contributed by atoms with Crippen molar-refractivity contribution < 1.29 is 44.3 Å². The molecular weight excluding hydrogens is 1000 g/mol. The van der Waals surface area contributed by atoms with Gasteiger partial charge in [-0.1, -0.05) is 53.5 Å². The number of aryl methyl sites for hydroxylation is 3. The fourth-order valence-corrected chi connectivity index (χ4v) is 8.28. The van der Waals surface area contributed by atoms with E-state index in [0.29, 0.717) is 49.5 Å². The molecule has 0 bridgehead atoms. The van der Waals surface area contributed by atoms with Crippen LogP contribution in [0.2, 0.25) is 10.0 Å². The van der Waals surface area contributed by atoms with E-state index in [2.05, 4.69) is 46.5 Å². The van der Waals surface area contributed by atoms with Gasteiger partial charge in [0.05, 0.1) is 38.2 Å². The van der Waals surface area contributed by atoms with Crippen LogP contribution >= 0.6 is 39.1 Å². The Hall–Kier alpha value is -6.51. The van der Waals surface area contributed by atoms with Crippen molar-refractivity contribution in [3.63, 3.8) is 0 Å². The normalized spacial score (nSPS) is 12.8. The molecule has 0 saturated heterocycles. The summed E-state index contributed by atoms with van der Waals surface area (Å²) in [5.41, 5.74) is 5.13. The number of hydrogen-bond donors (Lipinski definition) is 3. The van der Waals surface area contributed by atoms with Crippen LogP contribution in [0.4, 0.5) is 45.2 Å². The van der Waals surface area contributed by atoms with Crippen molar-refractivity contribution in [3.05, 3.63) is 140 Å². The second kappa shape index (κ2) is 17.6. The Labute approximate surface area is 391 Å². The zero-order valence-corrected chi connectivity index (χ0v) is 37.7. The molecule has 67 heavy (non-hydrogen) atoms. The van der Waals surface area contributed by atoms with E-state index in [9.17, 15) is 44.3 Å². The summed E-state index contributed by atoms with van der Waals surface area (Å²) in [6.07, 6.45) is -13.1. The van der Waals surface area contributed by atoms with E-state index >= 15 is 0 Å². The number of anilines is 1. The van der Waals surface area contributed by atoms with Crippen LogP contribution in [0.25, 0.3) is 66.8 Å². The third-order valence-electron chi connectivity index (χ3n) is 10.6. The molecule has 3 N–H and O–H groups in total. The average molecular weight is 1040 g/mol. The van der Waals surface area contributed by atoms with Crippen molar-refractivity contribution in [2.45, 2.75) is 24.9 Å². The van der Waals surface area contributed by atoms with Crippen molar-refractivity contribution >= 4 is 72.5 Å². The molecular formula is C45H31BrCl2F9N9O. The summed E-state index contributed by atoms with van der Waals surface area (Å²) in [4.78, 5) is 17.6. The monoisotopic (exact) mass is 1030 g/mol. The number of alkyl halides is 9. The molecule has 0 radical (unpaired) electrons. The lowest BCUT2D eigenvalue weighted by atomic mass is 10.1. The maximum absolute atomic E-state index is 12.9. The van der Waals surface area contributed by atoms with Crippen LogP contribution in [0.1, 0.15) is 22.6 Å². The minimum Gasteiger partial charge on any atom is -0.354 e. The molecule has 1 aliphatic rings. The van der Waals surface area contributed by atoms with Gasteiger partial charge in [-0.25, -0.2) is 0 Å². The topological polar surface area (TPSA) is 114 Å². The number of carbonyl (C=O) groups excluding carboxylic acids is 1. The molecule has 9 aromatic rings. The van der Waals surface area contributed by atoms with Crippen LogP contribution < -0.4 is 5.32 Å². The molecule has 346 valence electrons. The van der Waals surface area contributed by atoms with Gasteiger partial charge in [-0.2, -0.15) is 54.8 Å². The predicted molar refractivity (Wildman–Crippen MR) is 240 cm³/mol. The highest BCUT2D eigenvalue weighted by molar-refractivity contribution is 9.10. The van der Waals surface area contributed by atoms with E-state index < -0.39 is 35.6 Å². The SMILES string of the molecule is Cn1nc(C(F)(F)F)cc1-c1ccc2[nH]c(-c3cccc(Cl)c3Cl)cc2c1.Cn1nc(C(F)(F)F)cc1-c1ccc2[nH]c(Br)cc2c1.Cn1nc(C(F)(F)F)cc1-c1ccc2c(c1)CC(=O)N2. The molecule has 1 aliphatic heterocycles. The second-order valence-corrected chi connectivity index (χ2v) is 16.9. The number of aromatic amines is 2. The number of nitrogens with zero attached hydrogens (tertiary/aromatic N) is 6. The van der Waals surface area contributed by atoms with E-state index in [0.717, 1.165) is 61.4 Å². The van der Waals surface area contributed by atoms with E-state index in [-0.39, 0.29) is 12.3 Å². The summed E-state index contributed by atoms with van der Waals surface area (Å²) in [5, 5.41) is 15.9. The number of rotatable bonds is 4. The van der Waals surface area contributed by atoms with Gasteiger partial charge in [0, 0.05) is 76.6 Å². The number of aromatic nitrogens is 8. The summed E-state index contributed by atoms with van der Waals surface area (Å²) >= 11 is 15.7. The van der Waals surface area contributed by atoms with Gasteiger partial charge < -0.3 is 15.3 Å². The van der Waals surface area contributed by atoms with Crippen molar-refractivity contribution in [2.75, 3.05) is 5.32 Å². The van der Waals surface area contributed by atoms with Crippen LogP contribution in [-0.4, -0.2) is 45.2 Å². The zero-order chi connectivity index (χ0) is 48.3. The molecule has 4 aromatic carbocycles. The summed E-state index contributed by atoms with van der Waals surface area (Å²) in [7, 11) is 4.45. The maximum atomic E-state index is 12.9. The molecule has 0 atom stereocenters. The molecule has 10 rings (SSSR count). The van der Waals surface area contributed by atoms with Crippen LogP contribution in [0, 0.1) is 0 Å². The van der Waals surface area contributed by atoms with Crippen LogP contribution in [0.15, 0.2) is 108 Å². The van der Waals surface area contributed by atoms with Gasteiger partial charge in [0.25, 0.3) is 0 Å². The van der Waals surface area contributed by atoms with Gasteiger partial charge in [0.1, 0.15) is 0 Å². The second-order valence-electron chi connectivity index (χ2n) is 15.2. The zero-order valence-electron chi connectivity index (χ0n) is 34.6. The lowest BCUT2D eigenvalue weighted by molar-refractivity contribution is -0.142. The van der Waals surface area contributed by atoms with Crippen molar-refractivity contribution in [2.24, 2.45) is 21.1 Å². The number of halogens is 12. The van der Waals surface area contributed by atoms with Crippen LogP contribution in [0.5, 0.6) is 0 Å². The molecule has 1 amide bonds. The molecule has 22 heteroatoms. The molecule has 0 spiro atoms. The molecule has 6 heterocycles. The fourth-order valence-electron chi connectivity index (χ4n) is 7.42. The predicted octanol–water partition coefficient (Wildman–Crippen LogP) is 13.5.